The van der Waals surface area contributed by atoms with Crippen LogP contribution in [0.1, 0.15) is 59.9 Å². The van der Waals surface area contributed by atoms with E-state index < -0.39 is 98.0 Å². The maximum atomic E-state index is 14.9. The molecule has 28 heteroatoms. The van der Waals surface area contributed by atoms with E-state index in [-0.39, 0.29) is 84.8 Å². The van der Waals surface area contributed by atoms with Crippen molar-refractivity contribution in [1.82, 2.24) is 30.4 Å². The molecule has 4 atom stereocenters. The fourth-order valence-corrected chi connectivity index (χ4v) is 10.3. The maximum Gasteiger partial charge on any atom is 0.338 e. The first-order chi connectivity index (χ1) is 36.2. The third-order valence-electron chi connectivity index (χ3n) is 11.8. The Balaban J connectivity index is 0.000000221. The zero-order valence-corrected chi connectivity index (χ0v) is 43.4. The molecule has 0 radical (unpaired) electrons. The summed E-state index contributed by atoms with van der Waals surface area (Å²) in [6.45, 7) is 0.293. The minimum atomic E-state index is -3.33. The lowest BCUT2D eigenvalue weighted by Gasteiger charge is -2.39. The number of halogens is 8. The second-order valence-electron chi connectivity index (χ2n) is 17.1. The van der Waals surface area contributed by atoms with Crippen molar-refractivity contribution >= 4 is 81.4 Å². The van der Waals surface area contributed by atoms with Gasteiger partial charge in [0.25, 0.3) is 11.8 Å². The number of alkyl halides is 4. The first-order valence-electron chi connectivity index (χ1n) is 23.2. The minimum absolute atomic E-state index is 0.0308. The summed E-state index contributed by atoms with van der Waals surface area (Å²) in [7, 11) is 0. The number of benzene rings is 2. The number of ether oxygens (including phenoxy) is 4. The van der Waals surface area contributed by atoms with E-state index in [0.29, 0.717) is 32.8 Å². The van der Waals surface area contributed by atoms with Crippen molar-refractivity contribution in [2.75, 3.05) is 65.7 Å². The standard InChI is InChI=1S/2C24H24ClF3N4O5S/c2*1-2-36-23(35)19-16(10-32-7-5-17(24(27,28)12-32)37-11-18(33)34)30-21(22-29-6-8-38-22)31-20(19)14-4-3-13(26)9-15(14)25/h2*3-4,6,8-9,17,20H,2,5,7,10-12H2,1H3,(H,30,31)(H,33,34)/t17?,20-;/m0./s1. The van der Waals surface area contributed by atoms with E-state index >= 15 is 0 Å². The summed E-state index contributed by atoms with van der Waals surface area (Å²) in [5, 5.41) is 28.2. The number of aliphatic carboxylic acids is 2. The number of amidine groups is 2. The highest BCUT2D eigenvalue weighted by atomic mass is 35.5. The van der Waals surface area contributed by atoms with E-state index in [0.717, 1.165) is 12.1 Å². The fourth-order valence-electron chi connectivity index (χ4n) is 8.59. The number of carbonyl (C=O) groups is 4. The van der Waals surface area contributed by atoms with Crippen molar-refractivity contribution in [2.24, 2.45) is 9.98 Å². The zero-order chi connectivity index (χ0) is 54.9. The van der Waals surface area contributed by atoms with Crippen LogP contribution in [0.15, 0.2) is 92.1 Å². The molecule has 2 saturated heterocycles. The van der Waals surface area contributed by atoms with Crippen LogP contribution in [0.25, 0.3) is 0 Å². The van der Waals surface area contributed by atoms with Crippen LogP contribution < -0.4 is 10.6 Å². The van der Waals surface area contributed by atoms with Crippen molar-refractivity contribution in [3.63, 3.8) is 0 Å². The van der Waals surface area contributed by atoms with E-state index in [1.165, 1.54) is 56.7 Å². The van der Waals surface area contributed by atoms with Gasteiger partial charge >= 0.3 is 23.9 Å². The third-order valence-corrected chi connectivity index (χ3v) is 14.0. The molecule has 8 rings (SSSR count). The highest BCUT2D eigenvalue weighted by Gasteiger charge is 2.48. The predicted octanol–water partition coefficient (Wildman–Crippen LogP) is 7.31. The van der Waals surface area contributed by atoms with E-state index in [1.807, 2.05) is 0 Å². The Kier molecular flexibility index (Phi) is 19.3. The molecule has 4 aromatic rings. The van der Waals surface area contributed by atoms with Gasteiger partial charge in [0.05, 0.1) is 37.4 Å². The number of esters is 2. The summed E-state index contributed by atoms with van der Waals surface area (Å²) in [5.74, 6) is -11.4. The van der Waals surface area contributed by atoms with Crippen molar-refractivity contribution < 1.29 is 74.7 Å². The normalized spacial score (nSPS) is 21.6. The van der Waals surface area contributed by atoms with Gasteiger partial charge < -0.3 is 39.8 Å². The van der Waals surface area contributed by atoms with Crippen molar-refractivity contribution in [3.05, 3.63) is 125 Å². The summed E-state index contributed by atoms with van der Waals surface area (Å²) in [4.78, 5) is 68.5. The van der Waals surface area contributed by atoms with Crippen LogP contribution in [0.5, 0.6) is 0 Å². The van der Waals surface area contributed by atoms with Gasteiger partial charge in [0.2, 0.25) is 0 Å². The van der Waals surface area contributed by atoms with Gasteiger partial charge in [0, 0.05) is 81.9 Å². The molecule has 0 saturated carbocycles. The number of nitrogens with one attached hydrogen (secondary N) is 2. The van der Waals surface area contributed by atoms with E-state index in [4.69, 9.17) is 52.4 Å². The number of aromatic nitrogens is 2. The smallest absolute Gasteiger partial charge is 0.338 e. The summed E-state index contributed by atoms with van der Waals surface area (Å²) < 4.78 is 107. The number of carboxylic acid groups (broad SMARTS) is 2. The number of likely N-dealkylation sites (tertiary alicyclic amines) is 2. The first-order valence-corrected chi connectivity index (χ1v) is 25.8. The first kappa shape index (κ1) is 57.7. The molecule has 6 heterocycles. The summed E-state index contributed by atoms with van der Waals surface area (Å²) >= 11 is 15.2. The van der Waals surface area contributed by atoms with Gasteiger partial charge in [-0.25, -0.2) is 55.5 Å². The van der Waals surface area contributed by atoms with Gasteiger partial charge in [-0.3, -0.25) is 19.8 Å². The SMILES string of the molecule is CCOC(=O)C1=C(CN2CCC(OCC(=O)O)C(F)(F)C2)NC(c2nccs2)=NC1c1ccc(F)cc1Cl.CCOC(=O)C1=C(CN2CCC(OCC(=O)O)C(F)(F)C2)NC(c2nccs2)=N[C@H]1c1ccc(F)cc1Cl. The molecule has 0 amide bonds. The summed E-state index contributed by atoms with van der Waals surface area (Å²) in [6.07, 6.45) is -0.212. The molecule has 0 bridgehead atoms. The van der Waals surface area contributed by atoms with Crippen LogP contribution >= 0.6 is 45.9 Å². The average Bonchev–Trinajstić information content (AvgIpc) is 4.10. The second-order valence-corrected chi connectivity index (χ2v) is 19.8. The topological polar surface area (TPSA) is 227 Å². The fraction of sp³-hybridized carbons (Fsp3) is 0.417. The van der Waals surface area contributed by atoms with E-state index in [9.17, 15) is 45.5 Å². The Morgan fingerprint density at radius 2 is 1.08 bits per heavy atom. The monoisotopic (exact) mass is 1140 g/mol. The van der Waals surface area contributed by atoms with Crippen molar-refractivity contribution in [2.45, 2.75) is 62.8 Å². The van der Waals surface area contributed by atoms with Gasteiger partial charge in [-0.2, -0.15) is 0 Å². The van der Waals surface area contributed by atoms with Crippen LogP contribution in [0, 0.1) is 11.6 Å². The van der Waals surface area contributed by atoms with Crippen LogP contribution in [0.2, 0.25) is 10.0 Å². The van der Waals surface area contributed by atoms with Gasteiger partial charge in [-0.15, -0.1) is 22.7 Å². The van der Waals surface area contributed by atoms with Crippen molar-refractivity contribution in [3.8, 4) is 0 Å². The number of hydrogen-bond acceptors (Lipinski definition) is 18. The molecule has 18 nitrogen and oxygen atoms in total. The Hall–Kier alpha value is -6.00. The highest BCUT2D eigenvalue weighted by molar-refractivity contribution is 7.12. The van der Waals surface area contributed by atoms with Crippen molar-refractivity contribution in [1.29, 1.82) is 0 Å². The second kappa shape index (κ2) is 25.4. The molecule has 408 valence electrons. The number of hydrogen-bond donors (Lipinski definition) is 4. The Morgan fingerprint density at radius 1 is 0.684 bits per heavy atom. The van der Waals surface area contributed by atoms with Gasteiger partial charge in [0.1, 0.15) is 49.1 Å². The molecular weight excluding hydrogens is 1100 g/mol. The number of thiazole rings is 2. The lowest BCUT2D eigenvalue weighted by Crippen LogP contribution is -2.54. The number of carbonyl (C=O) groups excluding carboxylic acids is 2. The molecule has 2 fully saturated rings. The summed E-state index contributed by atoms with van der Waals surface area (Å²) in [6, 6.07) is 5.35. The molecular formula is C48H48Cl2F6N8O10S2. The number of rotatable bonds is 18. The number of aliphatic imine (C=N–C) groups is 2. The quantitative estimate of drug-likeness (QED) is 0.0566. The zero-order valence-electron chi connectivity index (χ0n) is 40.3. The van der Waals surface area contributed by atoms with Crippen LogP contribution in [0.4, 0.5) is 26.3 Å². The lowest BCUT2D eigenvalue weighted by molar-refractivity contribution is -0.181. The Morgan fingerprint density at radius 3 is 1.39 bits per heavy atom. The predicted molar refractivity (Wildman–Crippen MR) is 266 cm³/mol. The number of carboxylic acids is 2. The summed E-state index contributed by atoms with van der Waals surface area (Å²) in [5.41, 5.74) is 1.27. The molecule has 2 aromatic heterocycles. The van der Waals surface area contributed by atoms with Crippen LogP contribution in [-0.4, -0.2) is 155 Å². The molecule has 0 aliphatic carbocycles. The van der Waals surface area contributed by atoms with Crippen LogP contribution in [-0.2, 0) is 38.1 Å². The van der Waals surface area contributed by atoms with Gasteiger partial charge in [-0.1, -0.05) is 35.3 Å². The molecule has 2 aromatic carbocycles. The molecule has 4 N–H and O–H groups in total. The average molecular weight is 1150 g/mol. The largest absolute Gasteiger partial charge is 0.480 e. The van der Waals surface area contributed by atoms with Gasteiger partial charge in [0.15, 0.2) is 21.7 Å². The van der Waals surface area contributed by atoms with E-state index in [1.54, 1.807) is 37.0 Å². The molecule has 4 aliphatic rings. The molecule has 4 aliphatic heterocycles. The third kappa shape index (κ3) is 14.3. The Bertz CT molecular complexity index is 2710. The Labute approximate surface area is 448 Å². The number of piperidine rings is 2. The minimum Gasteiger partial charge on any atom is -0.480 e. The number of nitrogens with zero attached hydrogens (tertiary/aromatic N) is 6. The maximum absolute atomic E-state index is 14.9. The molecule has 0 spiro atoms. The molecule has 76 heavy (non-hydrogen) atoms. The lowest BCUT2D eigenvalue weighted by atomic mass is 9.94. The highest BCUT2D eigenvalue weighted by Crippen LogP contribution is 2.40. The van der Waals surface area contributed by atoms with Crippen LogP contribution in [0.3, 0.4) is 0 Å². The molecule has 3 unspecified atom stereocenters. The van der Waals surface area contributed by atoms with E-state index in [2.05, 4.69) is 30.6 Å². The van der Waals surface area contributed by atoms with Gasteiger partial charge in [-0.05, 0) is 51.0 Å².